The van der Waals surface area contributed by atoms with Crippen molar-refractivity contribution >= 4 is 10.0 Å². The number of H-pyrrole nitrogens is 1. The van der Waals surface area contributed by atoms with Crippen LogP contribution in [-0.2, 0) is 16.6 Å². The van der Waals surface area contributed by atoms with Crippen LogP contribution in [0.1, 0.15) is 5.56 Å². The Hall–Kier alpha value is -1.60. The largest absolute Gasteiger partial charge is 0.472 e. The molecule has 2 aromatic heterocycles. The predicted octanol–water partition coefficient (Wildman–Crippen LogP) is 0.823. The quantitative estimate of drug-likeness (QED) is 0.859. The highest BCUT2D eigenvalue weighted by atomic mass is 32.2. The number of rotatable bonds is 4. The molecule has 16 heavy (non-hydrogen) atoms. The second-order valence-corrected chi connectivity index (χ2v) is 5.33. The minimum absolute atomic E-state index is 0.0819. The first-order valence-electron chi connectivity index (χ1n) is 4.57. The number of hydrogen-bond donors (Lipinski definition) is 1. The molecule has 2 rings (SSSR count). The molecule has 7 heteroatoms. The number of aromatic nitrogens is 2. The minimum Gasteiger partial charge on any atom is -0.472 e. The van der Waals surface area contributed by atoms with Gasteiger partial charge >= 0.3 is 0 Å². The summed E-state index contributed by atoms with van der Waals surface area (Å²) in [5.74, 6) is 0. The molecule has 2 aromatic rings. The number of sulfonamides is 1. The highest BCUT2D eigenvalue weighted by molar-refractivity contribution is 7.89. The van der Waals surface area contributed by atoms with E-state index in [-0.39, 0.29) is 11.6 Å². The SMILES string of the molecule is CN(Cc1ccoc1)S(=O)(=O)c1ccn[nH]1. The Labute approximate surface area is 92.9 Å². The lowest BCUT2D eigenvalue weighted by Crippen LogP contribution is -2.26. The molecule has 0 fully saturated rings. The molecular weight excluding hydrogens is 230 g/mol. The van der Waals surface area contributed by atoms with Gasteiger partial charge in [0.05, 0.1) is 18.7 Å². The van der Waals surface area contributed by atoms with E-state index in [0.717, 1.165) is 5.56 Å². The van der Waals surface area contributed by atoms with Crippen molar-refractivity contribution in [1.29, 1.82) is 0 Å². The Balaban J connectivity index is 2.19. The van der Waals surface area contributed by atoms with Crippen LogP contribution in [0.25, 0.3) is 0 Å². The zero-order chi connectivity index (χ0) is 11.6. The van der Waals surface area contributed by atoms with Crippen molar-refractivity contribution in [3.05, 3.63) is 36.4 Å². The van der Waals surface area contributed by atoms with Crippen LogP contribution in [0.5, 0.6) is 0 Å². The molecule has 0 radical (unpaired) electrons. The maximum absolute atomic E-state index is 11.9. The van der Waals surface area contributed by atoms with Crippen molar-refractivity contribution in [3.63, 3.8) is 0 Å². The van der Waals surface area contributed by atoms with Gasteiger partial charge in [0.25, 0.3) is 10.0 Å². The van der Waals surface area contributed by atoms with Gasteiger partial charge in [-0.2, -0.15) is 9.40 Å². The fourth-order valence-electron chi connectivity index (χ4n) is 1.28. The minimum atomic E-state index is -3.50. The fourth-order valence-corrected chi connectivity index (χ4v) is 2.34. The van der Waals surface area contributed by atoms with Crippen LogP contribution in [0.3, 0.4) is 0 Å². The molecule has 0 bridgehead atoms. The Bertz CT molecular complexity index is 531. The lowest BCUT2D eigenvalue weighted by Gasteiger charge is -2.14. The van der Waals surface area contributed by atoms with Gasteiger partial charge in [-0.25, -0.2) is 8.42 Å². The molecule has 0 saturated carbocycles. The molecule has 2 heterocycles. The van der Waals surface area contributed by atoms with Crippen molar-refractivity contribution in [3.8, 4) is 0 Å². The summed E-state index contributed by atoms with van der Waals surface area (Å²) in [5.41, 5.74) is 0.797. The van der Waals surface area contributed by atoms with Crippen LogP contribution in [0.4, 0.5) is 0 Å². The van der Waals surface area contributed by atoms with E-state index in [1.165, 1.54) is 36.1 Å². The summed E-state index contributed by atoms with van der Waals surface area (Å²) >= 11 is 0. The summed E-state index contributed by atoms with van der Waals surface area (Å²) < 4.78 is 30.0. The average Bonchev–Trinajstić information content (AvgIpc) is 2.89. The van der Waals surface area contributed by atoms with Crippen LogP contribution in [-0.4, -0.2) is 30.0 Å². The van der Waals surface area contributed by atoms with Crippen LogP contribution < -0.4 is 0 Å². The van der Waals surface area contributed by atoms with E-state index in [1.807, 2.05) is 0 Å². The van der Waals surface area contributed by atoms with E-state index in [1.54, 1.807) is 6.07 Å². The van der Waals surface area contributed by atoms with E-state index in [0.29, 0.717) is 0 Å². The van der Waals surface area contributed by atoms with Crippen LogP contribution >= 0.6 is 0 Å². The summed E-state index contributed by atoms with van der Waals surface area (Å²) in [7, 11) is -1.99. The molecule has 0 saturated heterocycles. The Morgan fingerprint density at radius 2 is 2.31 bits per heavy atom. The van der Waals surface area contributed by atoms with Crippen molar-refractivity contribution in [2.45, 2.75) is 11.6 Å². The van der Waals surface area contributed by atoms with Crippen LogP contribution in [0.2, 0.25) is 0 Å². The van der Waals surface area contributed by atoms with Gasteiger partial charge in [-0.1, -0.05) is 0 Å². The lowest BCUT2D eigenvalue weighted by atomic mass is 10.3. The van der Waals surface area contributed by atoms with Gasteiger partial charge in [0, 0.05) is 19.2 Å². The van der Waals surface area contributed by atoms with Gasteiger partial charge in [-0.15, -0.1) is 0 Å². The van der Waals surface area contributed by atoms with E-state index in [2.05, 4.69) is 10.2 Å². The summed E-state index contributed by atoms with van der Waals surface area (Å²) in [6.07, 6.45) is 4.42. The molecule has 0 unspecified atom stereocenters. The molecular formula is C9H11N3O3S. The Kier molecular flexibility index (Phi) is 2.80. The first-order chi connectivity index (χ1) is 7.60. The Morgan fingerprint density at radius 1 is 1.50 bits per heavy atom. The highest BCUT2D eigenvalue weighted by Gasteiger charge is 2.22. The van der Waals surface area contributed by atoms with Crippen molar-refractivity contribution in [2.75, 3.05) is 7.05 Å². The summed E-state index contributed by atoms with van der Waals surface area (Å²) in [4.78, 5) is 0. The molecule has 6 nitrogen and oxygen atoms in total. The second kappa shape index (κ2) is 4.11. The van der Waals surface area contributed by atoms with E-state index >= 15 is 0 Å². The lowest BCUT2D eigenvalue weighted by molar-refractivity contribution is 0.460. The number of nitrogens with zero attached hydrogens (tertiary/aromatic N) is 2. The molecule has 0 aromatic carbocycles. The molecule has 86 valence electrons. The maximum atomic E-state index is 11.9. The highest BCUT2D eigenvalue weighted by Crippen LogP contribution is 2.13. The number of aromatic amines is 1. The summed E-state index contributed by atoms with van der Waals surface area (Å²) in [6, 6.07) is 3.14. The topological polar surface area (TPSA) is 79.2 Å². The first-order valence-corrected chi connectivity index (χ1v) is 6.01. The third kappa shape index (κ3) is 2.00. The molecule has 0 spiro atoms. The molecule has 0 aliphatic rings. The fraction of sp³-hybridized carbons (Fsp3) is 0.222. The monoisotopic (exact) mass is 241 g/mol. The van der Waals surface area contributed by atoms with Crippen molar-refractivity contribution in [1.82, 2.24) is 14.5 Å². The average molecular weight is 241 g/mol. The van der Waals surface area contributed by atoms with Crippen LogP contribution in [0, 0.1) is 0 Å². The van der Waals surface area contributed by atoms with Crippen LogP contribution in [0.15, 0.2) is 40.3 Å². The van der Waals surface area contributed by atoms with Gasteiger partial charge in [0.1, 0.15) is 0 Å². The molecule has 1 N–H and O–H groups in total. The number of hydrogen-bond acceptors (Lipinski definition) is 4. The van der Waals surface area contributed by atoms with E-state index in [4.69, 9.17) is 4.42 Å². The number of furan rings is 1. The van der Waals surface area contributed by atoms with E-state index in [9.17, 15) is 8.42 Å². The molecule has 0 aliphatic carbocycles. The summed E-state index contributed by atoms with van der Waals surface area (Å²) in [5, 5.41) is 6.14. The Morgan fingerprint density at radius 3 is 2.88 bits per heavy atom. The van der Waals surface area contributed by atoms with E-state index < -0.39 is 10.0 Å². The first kappa shape index (κ1) is 10.9. The maximum Gasteiger partial charge on any atom is 0.260 e. The second-order valence-electron chi connectivity index (χ2n) is 3.31. The van der Waals surface area contributed by atoms with Gasteiger partial charge in [-0.05, 0) is 12.1 Å². The predicted molar refractivity (Wildman–Crippen MR) is 55.9 cm³/mol. The van der Waals surface area contributed by atoms with Gasteiger partial charge in [-0.3, -0.25) is 5.10 Å². The van der Waals surface area contributed by atoms with Gasteiger partial charge in [0.2, 0.25) is 0 Å². The van der Waals surface area contributed by atoms with Crippen molar-refractivity contribution in [2.24, 2.45) is 0 Å². The van der Waals surface area contributed by atoms with Gasteiger partial charge in [0.15, 0.2) is 5.03 Å². The summed E-state index contributed by atoms with van der Waals surface area (Å²) in [6.45, 7) is 0.262. The molecule has 0 amide bonds. The van der Waals surface area contributed by atoms with Crippen molar-refractivity contribution < 1.29 is 12.8 Å². The van der Waals surface area contributed by atoms with Gasteiger partial charge < -0.3 is 4.42 Å². The molecule has 0 aliphatic heterocycles. The third-order valence-corrected chi connectivity index (χ3v) is 3.88. The third-order valence-electron chi connectivity index (χ3n) is 2.15. The zero-order valence-electron chi connectivity index (χ0n) is 8.62. The standard InChI is InChI=1S/C9H11N3O3S/c1-12(6-8-3-5-15-7-8)16(13,14)9-2-4-10-11-9/h2-5,7H,6H2,1H3,(H,10,11). The normalized spacial score (nSPS) is 12.1. The number of nitrogens with one attached hydrogen (secondary N) is 1. The zero-order valence-corrected chi connectivity index (χ0v) is 9.44. The molecule has 0 atom stereocenters. The smallest absolute Gasteiger partial charge is 0.260 e.